The van der Waals surface area contributed by atoms with Crippen LogP contribution in [0, 0.1) is 52.1 Å². The lowest BCUT2D eigenvalue weighted by atomic mass is 10.1. The van der Waals surface area contributed by atoms with E-state index in [0.29, 0.717) is 118 Å². The fourth-order valence-electron chi connectivity index (χ4n) is 18.5. The van der Waals surface area contributed by atoms with Gasteiger partial charge in [0.2, 0.25) is 41.4 Å². The van der Waals surface area contributed by atoms with Crippen molar-refractivity contribution in [1.82, 2.24) is 79.1 Å². The third-order valence-electron chi connectivity index (χ3n) is 26.1. The number of ketones is 4. The minimum absolute atomic E-state index is 0. The first kappa shape index (κ1) is 113. The van der Waals surface area contributed by atoms with Gasteiger partial charge in [-0.1, -0.05) is 35.0 Å². The molecular formula is C97H98Br4ClF6N23O15S4. The van der Waals surface area contributed by atoms with Crippen LogP contribution in [0.1, 0.15) is 102 Å². The van der Waals surface area contributed by atoms with Crippen LogP contribution in [0.4, 0.5) is 49.6 Å². The number of halogens is 11. The van der Waals surface area contributed by atoms with Gasteiger partial charge in [0.25, 0.3) is 0 Å². The molecule has 8 aromatic heterocycles. The summed E-state index contributed by atoms with van der Waals surface area (Å²) < 4.78 is 104. The summed E-state index contributed by atoms with van der Waals surface area (Å²) in [6, 6.07) is 38.3. The second kappa shape index (κ2) is 47.0. The van der Waals surface area contributed by atoms with E-state index >= 15 is 0 Å². The maximum atomic E-state index is 13.5. The molecule has 4 saturated heterocycles. The minimum Gasteiger partial charge on any atom is -0.480 e. The number of nitrogens with zero attached hydrogens (tertiary/aromatic N) is 16. The van der Waals surface area contributed by atoms with Crippen molar-refractivity contribution >= 4 is 263 Å². The Morgan fingerprint density at radius 1 is 0.487 bits per heavy atom. The van der Waals surface area contributed by atoms with Gasteiger partial charge in [-0.3, -0.25) is 81.1 Å². The Morgan fingerprint density at radius 3 is 1.09 bits per heavy atom. The molecule has 12 heterocycles. The number of amides is 8. The van der Waals surface area contributed by atoms with Crippen molar-refractivity contribution in [1.29, 1.82) is 4.78 Å². The Kier molecular flexibility index (Phi) is 35.5. The van der Waals surface area contributed by atoms with Crippen molar-refractivity contribution in [2.45, 2.75) is 149 Å². The number of thioether (sulfide) groups is 2. The van der Waals surface area contributed by atoms with Crippen LogP contribution < -0.4 is 32.3 Å². The average Bonchev–Trinajstić information content (AvgIpc) is 1.58. The molecule has 0 bridgehead atoms. The van der Waals surface area contributed by atoms with Crippen LogP contribution in [-0.4, -0.2) is 253 Å². The third kappa shape index (κ3) is 26.9. The first-order chi connectivity index (χ1) is 70.4. The van der Waals surface area contributed by atoms with Crippen LogP contribution in [0.3, 0.4) is 0 Å². The molecule has 38 nitrogen and oxygen atoms in total. The van der Waals surface area contributed by atoms with Gasteiger partial charge in [-0.25, -0.2) is 33.3 Å². The predicted molar refractivity (Wildman–Crippen MR) is 564 cm³/mol. The molecule has 53 heteroatoms. The molecule has 0 spiro atoms. The van der Waals surface area contributed by atoms with Gasteiger partial charge in [-0.05, 0) is 290 Å². The van der Waals surface area contributed by atoms with E-state index in [4.69, 9.17) is 14.7 Å². The number of rotatable bonds is 25. The van der Waals surface area contributed by atoms with Crippen LogP contribution in [-0.2, 0) is 89.8 Å². The molecular weight excluding hydrogens is 2320 g/mol. The summed E-state index contributed by atoms with van der Waals surface area (Å²) in [6.45, 7) is 8.40. The summed E-state index contributed by atoms with van der Waals surface area (Å²) in [5, 5.41) is 43.1. The Balaban J connectivity index is 0.000000149. The van der Waals surface area contributed by atoms with Crippen molar-refractivity contribution in [3.63, 3.8) is 0 Å². The van der Waals surface area contributed by atoms with E-state index in [0.717, 1.165) is 63.9 Å². The number of hydrogen-bond acceptors (Lipinski definition) is 27. The fraction of sp³-hybridized carbons (Fsp3) is 0.371. The summed E-state index contributed by atoms with van der Waals surface area (Å²) in [5.74, 6) is -1.44. The number of pyridine rings is 4. The Morgan fingerprint density at radius 2 is 0.800 bits per heavy atom. The molecule has 9 N–H and O–H groups in total. The second-order valence-electron chi connectivity index (χ2n) is 36.6. The van der Waals surface area contributed by atoms with Gasteiger partial charge >= 0.3 is 24.2 Å². The van der Waals surface area contributed by atoms with Crippen LogP contribution in [0.15, 0.2) is 188 Å². The summed E-state index contributed by atoms with van der Waals surface area (Å²) in [4.78, 5) is 184. The topological polar surface area (TPSA) is 514 Å². The number of primary amides is 1. The molecule has 150 heavy (non-hydrogen) atoms. The molecule has 4 saturated carbocycles. The normalized spacial score (nSPS) is 20.8. The second-order valence-corrected chi connectivity index (χ2v) is 45.4. The van der Waals surface area contributed by atoms with E-state index in [1.165, 1.54) is 54.4 Å². The standard InChI is InChI=1S/C26H26BrF3N6O3S.C23H23BrN6O4S.C23H22BrN5O3S.C12H12N2O3S.C11H12BrN3O.C2H2F3NO.ClH/c1-13(37)23-17-8-7-16(40(3)34-14(2)26(28,29)30)10-19(17)36(33-23)12-22(38)35-11-15-9-18(15)24(35)25(39)32-21-6-4-5-20(27)31-21;1-12(31)21-15-7-6-14(35(2,25)34)9-17(15)30(28-21)11-20(32)29-10-13-8-16(13)22(29)23(33)27-19-5-3-4-18(24)26-19;1-12(30)21-15-7-6-14(33-2)9-17(15)29(27-21)11-20(31)28-10-13-8-16(13)22(28)23(32)26-19-5-3-4-18(24)25-19;1-7(15)12-9-4-3-8(18-2)5-10(9)14(13-12)6-11(16)17;12-8-2-1-3-9(14-8)15-11(16)10-7-4-6(7)5-13-10;3-2(4,5)1(6)7;/h4-8,10,14-15,18,24H,9,11-12H2,1-3H3,(H,31,32,39);3-7,9,13,16,22,25H,8,10-11H2,1-2H3,(H,26,27,33);3-7,9,13,16,22H,8,10-11H2,1-2H3,(H,25,26,32);3-5H,6H2,1-2H3,(H,16,17);1-3,6-7,10,13H,4-5H2,(H,14,15,16);(H2,6,7);1H/t14?,15-,18-,24+,40?;13-,16-,22+,35?;13-,16-,22+;;6-,7-,10+;;/m111.1../s1. The Labute approximate surface area is 903 Å². The third-order valence-corrected chi connectivity index (χ3v) is 32.0. The van der Waals surface area contributed by atoms with Crippen molar-refractivity contribution in [3.8, 4) is 0 Å². The monoisotopic (exact) mass is 2420 g/mol. The van der Waals surface area contributed by atoms with Crippen molar-refractivity contribution in [2.75, 3.05) is 72.5 Å². The number of alkyl halides is 6. The molecule has 20 rings (SSSR count). The van der Waals surface area contributed by atoms with Gasteiger partial charge in [0.05, 0.1) is 37.8 Å². The highest BCUT2D eigenvalue weighted by molar-refractivity contribution is 9.11. The lowest BCUT2D eigenvalue weighted by Crippen LogP contribution is -2.47. The molecule has 8 fully saturated rings. The Bertz CT molecular complexity index is 7570. The number of aromatic nitrogens is 12. The number of piperidine rings is 4. The number of nitrogens with two attached hydrogens (primary N) is 1. The number of nitrogens with one attached hydrogen (secondary N) is 6. The summed E-state index contributed by atoms with van der Waals surface area (Å²) >= 11 is 16.3. The molecule has 4 aliphatic carbocycles. The zero-order valence-corrected chi connectivity index (χ0v) is 91.5. The van der Waals surface area contributed by atoms with Crippen molar-refractivity contribution in [2.24, 2.45) is 57.4 Å². The average molecular weight is 2420 g/mol. The van der Waals surface area contributed by atoms with Crippen LogP contribution in [0.2, 0.25) is 0 Å². The van der Waals surface area contributed by atoms with E-state index < -0.39 is 68.8 Å². The maximum absolute atomic E-state index is 13.5. The van der Waals surface area contributed by atoms with Gasteiger partial charge < -0.3 is 52.1 Å². The maximum Gasteiger partial charge on any atom is 0.470 e. The van der Waals surface area contributed by atoms with Gasteiger partial charge in [-0.15, -0.1) is 35.9 Å². The largest absolute Gasteiger partial charge is 0.480 e. The number of carbonyl (C=O) groups excluding carboxylic acids is 12. The van der Waals surface area contributed by atoms with E-state index in [1.807, 2.05) is 61.0 Å². The van der Waals surface area contributed by atoms with Crippen molar-refractivity contribution < 1.29 is 98.0 Å². The number of benzene rings is 4. The van der Waals surface area contributed by atoms with Crippen LogP contribution >= 0.6 is 99.7 Å². The van der Waals surface area contributed by atoms with Gasteiger partial charge in [0.1, 0.15) is 115 Å². The smallest absolute Gasteiger partial charge is 0.470 e. The van der Waals surface area contributed by atoms with Gasteiger partial charge in [0, 0.05) is 94.7 Å². The van der Waals surface area contributed by atoms with Gasteiger partial charge in [-0.2, -0.15) is 46.7 Å². The Hall–Kier alpha value is -12.2. The van der Waals surface area contributed by atoms with Crippen molar-refractivity contribution in [3.05, 3.63) is 187 Å². The SMILES string of the molecule is CC(=O)c1nn(CC(=O)N2C[C@H]3C[C@H]3[C@H]2C(=O)Nc2cccc(Br)n2)c2cc(S(C)(=N)=O)ccc12.CC(=O)c1nn(CC(=O)N2C[C@H]3C[C@H]3[C@H]2C(=O)Nc2cccc(Br)n2)c2cc(S(C)=NC(C)C(F)(F)F)ccc12.CSc1ccc2c(C(C)=O)nn(CC(=O)N3C[C@H]4C[C@H]4[C@H]3C(=O)Nc3cccc(Br)n3)c2c1.CSc1ccc2c(C(C)=O)nn(CC(=O)O)c2c1.Cl.NC(=O)C(F)(F)F.O=C(Nc1cccc(Br)n1)[C@H]1NC[C@H]2C[C@H]21. The molecule has 792 valence electrons. The number of likely N-dealkylation sites (tertiary alicyclic amines) is 3. The lowest BCUT2D eigenvalue weighted by Gasteiger charge is -2.26. The molecule has 12 aromatic rings. The number of Topliss-reactive ketones (excluding diaryl/α,β-unsaturated/α-hetero) is 4. The van der Waals surface area contributed by atoms with E-state index in [2.05, 4.69) is 141 Å². The molecule has 8 aliphatic rings. The molecule has 3 unspecified atom stereocenters. The predicted octanol–water partition coefficient (Wildman–Crippen LogP) is 15.0. The highest BCUT2D eigenvalue weighted by Gasteiger charge is 2.60. The van der Waals surface area contributed by atoms with E-state index in [1.54, 1.807) is 146 Å². The number of carbonyl (C=O) groups is 13. The number of hydrogen-bond donors (Lipinski definition) is 8. The fourth-order valence-corrected chi connectivity index (χ4v) is 22.6. The van der Waals surface area contributed by atoms with E-state index in [-0.39, 0.29) is 155 Å². The zero-order valence-electron chi connectivity index (χ0n) is 81.1. The lowest BCUT2D eigenvalue weighted by molar-refractivity contribution is -0.169. The zero-order chi connectivity index (χ0) is 108. The van der Waals surface area contributed by atoms with Gasteiger partial charge in [0.15, 0.2) is 23.1 Å². The minimum atomic E-state index is -4.86. The molecule has 4 aromatic carbocycles. The summed E-state index contributed by atoms with van der Waals surface area (Å²) in [6.07, 6.45) is 1.38. The van der Waals surface area contributed by atoms with E-state index in [9.17, 15) is 88.1 Å². The molecule has 15 atom stereocenters. The first-order valence-electron chi connectivity index (χ1n) is 46.2. The first-order valence-corrected chi connectivity index (χ1v) is 55.4. The number of carboxylic acid groups (broad SMARTS) is 1. The number of anilines is 4. The number of carboxylic acids is 1. The summed E-state index contributed by atoms with van der Waals surface area (Å²) in [7, 11) is -4.11. The number of fused-ring (bicyclic) bond motifs is 8. The highest BCUT2D eigenvalue weighted by Crippen LogP contribution is 2.53. The van der Waals surface area contributed by atoms with Crippen LogP contribution in [0.5, 0.6) is 0 Å². The molecule has 8 amide bonds. The summed E-state index contributed by atoms with van der Waals surface area (Å²) in [5.41, 5.74) is 7.14. The molecule has 0 radical (unpaired) electrons. The van der Waals surface area contributed by atoms with Crippen LogP contribution in [0.25, 0.3) is 43.6 Å². The quantitative estimate of drug-likeness (QED) is 0.0114. The highest BCUT2D eigenvalue weighted by atomic mass is 79.9. The molecule has 4 aliphatic heterocycles. The number of aliphatic carboxylic acids is 1.